The molecule has 0 aromatic heterocycles. The maximum absolute atomic E-state index is 12.9. The van der Waals surface area contributed by atoms with Crippen molar-refractivity contribution in [2.75, 3.05) is 26.2 Å². The molecule has 0 aliphatic carbocycles. The molecular weight excluding hydrogens is 412 g/mol. The van der Waals surface area contributed by atoms with Crippen molar-refractivity contribution in [1.29, 1.82) is 0 Å². The number of halogens is 1. The van der Waals surface area contributed by atoms with Crippen molar-refractivity contribution in [3.63, 3.8) is 0 Å². The first-order valence-electron chi connectivity index (χ1n) is 9.65. The Morgan fingerprint density at radius 1 is 1.10 bits per heavy atom. The van der Waals surface area contributed by atoms with Gasteiger partial charge in [-0.15, -0.1) is 0 Å². The number of hydrogen-bond donors (Lipinski definition) is 1. The Labute approximate surface area is 176 Å². The summed E-state index contributed by atoms with van der Waals surface area (Å²) in [6.07, 6.45) is 2.78. The largest absolute Gasteiger partial charge is 0.492 e. The number of nitrogens with one attached hydrogen (secondary N) is 1. The molecule has 0 unspecified atom stereocenters. The summed E-state index contributed by atoms with van der Waals surface area (Å²) in [7, 11) is -3.58. The second kappa shape index (κ2) is 9.61. The third-order valence-electron chi connectivity index (χ3n) is 4.88. The molecule has 1 amide bonds. The Morgan fingerprint density at radius 3 is 2.48 bits per heavy atom. The van der Waals surface area contributed by atoms with E-state index in [0.717, 1.165) is 24.8 Å². The fourth-order valence-corrected chi connectivity index (χ4v) is 4.89. The summed E-state index contributed by atoms with van der Waals surface area (Å²) in [5.41, 5.74) is 1.08. The van der Waals surface area contributed by atoms with Gasteiger partial charge in [-0.3, -0.25) is 4.79 Å². The lowest BCUT2D eigenvalue weighted by molar-refractivity contribution is 0.0946. The zero-order valence-electron chi connectivity index (χ0n) is 16.4. The number of nitrogens with zero attached hydrogens (tertiary/aromatic N) is 1. The van der Waals surface area contributed by atoms with Crippen LogP contribution in [0, 0.1) is 6.92 Å². The van der Waals surface area contributed by atoms with E-state index in [1.165, 1.54) is 10.4 Å². The third kappa shape index (κ3) is 5.50. The zero-order valence-corrected chi connectivity index (χ0v) is 17.9. The van der Waals surface area contributed by atoms with Gasteiger partial charge in [0.2, 0.25) is 10.0 Å². The maximum Gasteiger partial charge on any atom is 0.251 e. The van der Waals surface area contributed by atoms with Crippen molar-refractivity contribution in [3.8, 4) is 5.75 Å². The van der Waals surface area contributed by atoms with Crippen LogP contribution in [0.1, 0.15) is 35.2 Å². The zero-order chi connectivity index (χ0) is 20.9. The van der Waals surface area contributed by atoms with Gasteiger partial charge in [-0.2, -0.15) is 4.31 Å². The molecule has 0 saturated carbocycles. The molecule has 1 aliphatic rings. The van der Waals surface area contributed by atoms with Crippen LogP contribution in [0.5, 0.6) is 5.75 Å². The van der Waals surface area contributed by atoms with Crippen molar-refractivity contribution < 1.29 is 17.9 Å². The van der Waals surface area contributed by atoms with E-state index in [4.69, 9.17) is 16.3 Å². The van der Waals surface area contributed by atoms with Crippen LogP contribution in [-0.4, -0.2) is 44.9 Å². The molecule has 0 radical (unpaired) electrons. The van der Waals surface area contributed by atoms with Crippen molar-refractivity contribution in [1.82, 2.24) is 9.62 Å². The molecule has 156 valence electrons. The minimum absolute atomic E-state index is 0.160. The number of carbonyl (C=O) groups is 1. The summed E-state index contributed by atoms with van der Waals surface area (Å²) >= 11 is 5.83. The van der Waals surface area contributed by atoms with Crippen LogP contribution in [0.4, 0.5) is 0 Å². The van der Waals surface area contributed by atoms with Crippen LogP contribution in [0.3, 0.4) is 0 Å². The van der Waals surface area contributed by atoms with E-state index < -0.39 is 10.0 Å². The minimum Gasteiger partial charge on any atom is -0.492 e. The standard InChI is InChI=1S/C21H25ClN2O4S/c1-16-5-10-19(29(26,27)24-12-3-2-4-13-24)15-20(16)21(25)23-11-14-28-18-8-6-17(22)7-9-18/h5-10,15H,2-4,11-14H2,1H3,(H,23,25). The quantitative estimate of drug-likeness (QED) is 0.672. The highest BCUT2D eigenvalue weighted by Crippen LogP contribution is 2.23. The first-order chi connectivity index (χ1) is 13.9. The number of benzene rings is 2. The molecule has 1 saturated heterocycles. The summed E-state index contributed by atoms with van der Waals surface area (Å²) < 4.78 is 32.8. The molecule has 2 aromatic rings. The van der Waals surface area contributed by atoms with Gasteiger partial charge in [0, 0.05) is 23.7 Å². The average molecular weight is 437 g/mol. The molecule has 1 fully saturated rings. The monoisotopic (exact) mass is 436 g/mol. The van der Waals surface area contributed by atoms with Crippen molar-refractivity contribution in [2.45, 2.75) is 31.1 Å². The molecular formula is C21H25ClN2O4S. The highest BCUT2D eigenvalue weighted by Gasteiger charge is 2.27. The average Bonchev–Trinajstić information content (AvgIpc) is 2.73. The minimum atomic E-state index is -3.58. The van der Waals surface area contributed by atoms with E-state index in [2.05, 4.69) is 5.32 Å². The molecule has 0 bridgehead atoms. The Kier molecular flexibility index (Phi) is 7.16. The van der Waals surface area contributed by atoms with Crippen LogP contribution in [0.25, 0.3) is 0 Å². The van der Waals surface area contributed by atoms with Crippen LogP contribution < -0.4 is 10.1 Å². The molecule has 1 aliphatic heterocycles. The first-order valence-corrected chi connectivity index (χ1v) is 11.5. The van der Waals surface area contributed by atoms with E-state index >= 15 is 0 Å². The van der Waals surface area contributed by atoms with Gasteiger partial charge >= 0.3 is 0 Å². The Balaban J connectivity index is 1.62. The van der Waals surface area contributed by atoms with Crippen LogP contribution >= 0.6 is 11.6 Å². The van der Waals surface area contributed by atoms with Crippen LogP contribution in [-0.2, 0) is 10.0 Å². The second-order valence-corrected chi connectivity index (χ2v) is 9.37. The van der Waals surface area contributed by atoms with E-state index in [0.29, 0.717) is 36.0 Å². The Bertz CT molecular complexity index is 955. The number of sulfonamides is 1. The third-order valence-corrected chi connectivity index (χ3v) is 7.02. The van der Waals surface area contributed by atoms with Gasteiger partial charge < -0.3 is 10.1 Å². The van der Waals surface area contributed by atoms with Gasteiger partial charge in [-0.05, 0) is 61.7 Å². The fraction of sp³-hybridized carbons (Fsp3) is 0.381. The maximum atomic E-state index is 12.9. The number of ether oxygens (including phenoxy) is 1. The molecule has 3 rings (SSSR count). The van der Waals surface area contributed by atoms with E-state index in [1.807, 2.05) is 0 Å². The second-order valence-electron chi connectivity index (χ2n) is 7.00. The van der Waals surface area contributed by atoms with Gasteiger partial charge in [0.05, 0.1) is 11.4 Å². The lowest BCUT2D eigenvalue weighted by Crippen LogP contribution is -2.36. The highest BCUT2D eigenvalue weighted by atomic mass is 35.5. The number of aryl methyl sites for hydroxylation is 1. The number of rotatable bonds is 7. The molecule has 29 heavy (non-hydrogen) atoms. The Morgan fingerprint density at radius 2 is 1.79 bits per heavy atom. The number of amides is 1. The summed E-state index contributed by atoms with van der Waals surface area (Å²) in [6, 6.07) is 11.7. The number of carbonyl (C=O) groups excluding carboxylic acids is 1. The van der Waals surface area contributed by atoms with Gasteiger partial charge in [0.1, 0.15) is 12.4 Å². The summed E-state index contributed by atoms with van der Waals surface area (Å²) in [6.45, 7) is 3.43. The van der Waals surface area contributed by atoms with Gasteiger partial charge in [-0.1, -0.05) is 24.1 Å². The fourth-order valence-electron chi connectivity index (χ4n) is 3.22. The predicted octanol–water partition coefficient (Wildman–Crippen LogP) is 3.63. The SMILES string of the molecule is Cc1ccc(S(=O)(=O)N2CCCCC2)cc1C(=O)NCCOc1ccc(Cl)cc1. The summed E-state index contributed by atoms with van der Waals surface area (Å²) in [4.78, 5) is 12.7. The first kappa shape index (κ1) is 21.6. The van der Waals surface area contributed by atoms with Gasteiger partial charge in [0.15, 0.2) is 0 Å². The molecule has 0 atom stereocenters. The lowest BCUT2D eigenvalue weighted by Gasteiger charge is -2.26. The van der Waals surface area contributed by atoms with E-state index in [1.54, 1.807) is 43.3 Å². The molecule has 1 N–H and O–H groups in total. The van der Waals surface area contributed by atoms with Crippen LogP contribution in [0.15, 0.2) is 47.4 Å². The lowest BCUT2D eigenvalue weighted by atomic mass is 10.1. The highest BCUT2D eigenvalue weighted by molar-refractivity contribution is 7.89. The molecule has 2 aromatic carbocycles. The van der Waals surface area contributed by atoms with Gasteiger partial charge in [0.25, 0.3) is 5.91 Å². The number of hydrogen-bond acceptors (Lipinski definition) is 4. The van der Waals surface area contributed by atoms with Crippen LogP contribution in [0.2, 0.25) is 5.02 Å². The Hall–Kier alpha value is -2.09. The van der Waals surface area contributed by atoms with Crippen molar-refractivity contribution in [2.24, 2.45) is 0 Å². The van der Waals surface area contributed by atoms with E-state index in [9.17, 15) is 13.2 Å². The molecule has 0 spiro atoms. The molecule has 1 heterocycles. The molecule has 6 nitrogen and oxygen atoms in total. The molecule has 8 heteroatoms. The number of piperidine rings is 1. The smallest absolute Gasteiger partial charge is 0.251 e. The van der Waals surface area contributed by atoms with Crippen molar-refractivity contribution in [3.05, 3.63) is 58.6 Å². The van der Waals surface area contributed by atoms with Crippen molar-refractivity contribution >= 4 is 27.5 Å². The van der Waals surface area contributed by atoms with E-state index in [-0.39, 0.29) is 17.4 Å². The topological polar surface area (TPSA) is 75.7 Å². The summed E-state index contributed by atoms with van der Waals surface area (Å²) in [5.74, 6) is 0.340. The summed E-state index contributed by atoms with van der Waals surface area (Å²) in [5, 5.41) is 3.41. The van der Waals surface area contributed by atoms with Gasteiger partial charge in [-0.25, -0.2) is 8.42 Å². The predicted molar refractivity (Wildman–Crippen MR) is 113 cm³/mol. The normalized spacial score (nSPS) is 15.1.